The summed E-state index contributed by atoms with van der Waals surface area (Å²) in [5, 5.41) is -0.314. The third kappa shape index (κ3) is 2.06. The molecule has 0 bridgehead atoms. The number of hydrogen-bond donors (Lipinski definition) is 0. The second kappa shape index (κ2) is 4.30. The fraction of sp³-hybridized carbons (Fsp3) is 0.300. The number of carbonyl (C=O) groups is 1. The number of nitrogens with zero attached hydrogens (tertiary/aromatic N) is 1. The predicted octanol–water partition coefficient (Wildman–Crippen LogP) is 3.07. The van der Waals surface area contributed by atoms with Crippen molar-refractivity contribution in [1.29, 1.82) is 0 Å². The molecule has 0 saturated carbocycles. The first-order valence-electron chi connectivity index (χ1n) is 4.58. The van der Waals surface area contributed by atoms with Crippen molar-refractivity contribution in [2.75, 3.05) is 11.4 Å². The highest BCUT2D eigenvalue weighted by molar-refractivity contribution is 9.10. The summed E-state index contributed by atoms with van der Waals surface area (Å²) < 4.78 is 26.4. The maximum atomic E-state index is 13.3. The summed E-state index contributed by atoms with van der Waals surface area (Å²) in [7, 11) is 0. The summed E-state index contributed by atoms with van der Waals surface area (Å²) in [6.45, 7) is 0.266. The van der Waals surface area contributed by atoms with Crippen molar-refractivity contribution < 1.29 is 13.6 Å². The molecular formula is C10H7BrClF2NO. The van der Waals surface area contributed by atoms with Crippen LogP contribution < -0.4 is 4.90 Å². The van der Waals surface area contributed by atoms with Gasteiger partial charge in [-0.25, -0.2) is 8.78 Å². The van der Waals surface area contributed by atoms with E-state index in [-0.39, 0.29) is 34.4 Å². The van der Waals surface area contributed by atoms with Crippen molar-refractivity contribution in [3.63, 3.8) is 0 Å². The number of halogens is 4. The minimum Gasteiger partial charge on any atom is -0.310 e. The van der Waals surface area contributed by atoms with Crippen molar-refractivity contribution in [3.8, 4) is 0 Å². The molecule has 1 aromatic carbocycles. The Morgan fingerprint density at radius 3 is 2.69 bits per heavy atom. The molecule has 1 unspecified atom stereocenters. The topological polar surface area (TPSA) is 20.3 Å². The van der Waals surface area contributed by atoms with Crippen molar-refractivity contribution >= 4 is 39.1 Å². The minimum absolute atomic E-state index is 0.0769. The maximum absolute atomic E-state index is 13.3. The largest absolute Gasteiger partial charge is 0.310 e. The molecule has 86 valence electrons. The average molecular weight is 311 g/mol. The van der Waals surface area contributed by atoms with Gasteiger partial charge in [-0.3, -0.25) is 4.79 Å². The second-order valence-electron chi connectivity index (χ2n) is 3.53. The first-order chi connectivity index (χ1) is 7.49. The van der Waals surface area contributed by atoms with Crippen LogP contribution in [0.15, 0.2) is 16.6 Å². The van der Waals surface area contributed by atoms with Crippen molar-refractivity contribution in [2.24, 2.45) is 0 Å². The van der Waals surface area contributed by atoms with Gasteiger partial charge in [-0.2, -0.15) is 0 Å². The summed E-state index contributed by atoms with van der Waals surface area (Å²) in [5.74, 6) is -1.69. The molecule has 1 heterocycles. The van der Waals surface area contributed by atoms with Crippen molar-refractivity contribution in [1.82, 2.24) is 0 Å². The van der Waals surface area contributed by atoms with Gasteiger partial charge >= 0.3 is 0 Å². The van der Waals surface area contributed by atoms with Gasteiger partial charge in [0.1, 0.15) is 11.6 Å². The first kappa shape index (κ1) is 11.8. The monoisotopic (exact) mass is 309 g/mol. The summed E-state index contributed by atoms with van der Waals surface area (Å²) in [5.41, 5.74) is 0.186. The third-order valence-electron chi connectivity index (χ3n) is 2.34. The fourth-order valence-electron chi connectivity index (χ4n) is 1.64. The molecule has 1 aromatic rings. The predicted molar refractivity (Wildman–Crippen MR) is 60.7 cm³/mol. The van der Waals surface area contributed by atoms with Gasteiger partial charge < -0.3 is 4.90 Å². The Hall–Kier alpha value is -0.680. The molecule has 1 fully saturated rings. The molecule has 1 amide bonds. The van der Waals surface area contributed by atoms with Crippen molar-refractivity contribution in [3.05, 3.63) is 28.2 Å². The molecule has 0 aliphatic carbocycles. The molecule has 0 N–H and O–H groups in total. The lowest BCUT2D eigenvalue weighted by Gasteiger charge is -2.17. The van der Waals surface area contributed by atoms with Gasteiger partial charge in [0.2, 0.25) is 5.91 Å². The Kier molecular flexibility index (Phi) is 3.17. The third-order valence-corrected chi connectivity index (χ3v) is 3.42. The fourth-order valence-corrected chi connectivity index (χ4v) is 2.35. The van der Waals surface area contributed by atoms with Gasteiger partial charge in [0.05, 0.1) is 15.5 Å². The molecule has 16 heavy (non-hydrogen) atoms. The molecule has 1 atom stereocenters. The van der Waals surface area contributed by atoms with Crippen LogP contribution >= 0.6 is 27.5 Å². The molecule has 2 rings (SSSR count). The molecule has 0 radical (unpaired) electrons. The number of anilines is 1. The number of carbonyl (C=O) groups excluding carboxylic acids is 1. The molecular weight excluding hydrogens is 303 g/mol. The SMILES string of the molecule is O=C1CC(Cl)CN1c1cc(F)cc(F)c1Br. The van der Waals surface area contributed by atoms with E-state index in [2.05, 4.69) is 15.9 Å². The van der Waals surface area contributed by atoms with Gasteiger partial charge in [-0.1, -0.05) is 0 Å². The van der Waals surface area contributed by atoms with Crippen LogP contribution in [0.4, 0.5) is 14.5 Å². The molecule has 0 spiro atoms. The Bertz CT molecular complexity index is 455. The molecule has 1 saturated heterocycles. The van der Waals surface area contributed by atoms with Gasteiger partial charge in [0.25, 0.3) is 0 Å². The normalized spacial score (nSPS) is 20.6. The highest BCUT2D eigenvalue weighted by Gasteiger charge is 2.31. The van der Waals surface area contributed by atoms with Gasteiger partial charge in [-0.15, -0.1) is 11.6 Å². The van der Waals surface area contributed by atoms with Gasteiger partial charge in [0.15, 0.2) is 0 Å². The van der Waals surface area contributed by atoms with Crippen LogP contribution in [0.2, 0.25) is 0 Å². The van der Waals surface area contributed by atoms with E-state index in [4.69, 9.17) is 11.6 Å². The standard InChI is InChI=1S/C10H7BrClF2NO/c11-10-7(14)2-6(13)3-8(10)15-4-5(12)1-9(15)16/h2-3,5H,1,4H2. The van der Waals surface area contributed by atoms with Crippen LogP contribution in [-0.2, 0) is 4.79 Å². The maximum Gasteiger partial charge on any atom is 0.228 e. The van der Waals surface area contributed by atoms with E-state index in [0.717, 1.165) is 12.1 Å². The highest BCUT2D eigenvalue weighted by atomic mass is 79.9. The van der Waals surface area contributed by atoms with E-state index in [1.165, 1.54) is 4.90 Å². The van der Waals surface area contributed by atoms with E-state index < -0.39 is 11.6 Å². The second-order valence-corrected chi connectivity index (χ2v) is 4.94. The highest BCUT2D eigenvalue weighted by Crippen LogP contribution is 2.33. The van der Waals surface area contributed by atoms with Crippen LogP contribution in [-0.4, -0.2) is 17.8 Å². The molecule has 0 aromatic heterocycles. The van der Waals surface area contributed by atoms with E-state index in [1.807, 2.05) is 0 Å². The quantitative estimate of drug-likeness (QED) is 0.577. The lowest BCUT2D eigenvalue weighted by atomic mass is 10.2. The van der Waals surface area contributed by atoms with E-state index in [0.29, 0.717) is 0 Å². The van der Waals surface area contributed by atoms with E-state index >= 15 is 0 Å². The van der Waals surface area contributed by atoms with Crippen LogP contribution in [0.5, 0.6) is 0 Å². The van der Waals surface area contributed by atoms with Crippen LogP contribution in [0.25, 0.3) is 0 Å². The van der Waals surface area contributed by atoms with Crippen LogP contribution in [0, 0.1) is 11.6 Å². The Balaban J connectivity index is 2.44. The average Bonchev–Trinajstić information content (AvgIpc) is 2.51. The molecule has 2 nitrogen and oxygen atoms in total. The molecule has 1 aliphatic heterocycles. The Morgan fingerprint density at radius 2 is 2.12 bits per heavy atom. The van der Waals surface area contributed by atoms with Crippen molar-refractivity contribution in [2.45, 2.75) is 11.8 Å². The first-order valence-corrected chi connectivity index (χ1v) is 5.81. The number of rotatable bonds is 1. The smallest absolute Gasteiger partial charge is 0.228 e. The summed E-state index contributed by atoms with van der Waals surface area (Å²) >= 11 is 8.81. The summed E-state index contributed by atoms with van der Waals surface area (Å²) in [6.07, 6.45) is 0.187. The van der Waals surface area contributed by atoms with Crippen LogP contribution in [0.3, 0.4) is 0 Å². The Labute approximate surface area is 104 Å². The molecule has 1 aliphatic rings. The number of hydrogen-bond acceptors (Lipinski definition) is 1. The lowest BCUT2D eigenvalue weighted by Crippen LogP contribution is -2.25. The summed E-state index contributed by atoms with van der Waals surface area (Å²) in [6, 6.07) is 1.87. The minimum atomic E-state index is -0.735. The zero-order valence-electron chi connectivity index (χ0n) is 8.01. The number of alkyl halides is 1. The van der Waals surface area contributed by atoms with Gasteiger partial charge in [-0.05, 0) is 22.0 Å². The Morgan fingerprint density at radius 1 is 1.44 bits per heavy atom. The zero-order valence-corrected chi connectivity index (χ0v) is 10.4. The lowest BCUT2D eigenvalue weighted by molar-refractivity contribution is -0.117. The molecule has 6 heteroatoms. The van der Waals surface area contributed by atoms with E-state index in [1.54, 1.807) is 0 Å². The van der Waals surface area contributed by atoms with Gasteiger partial charge in [0, 0.05) is 19.0 Å². The zero-order chi connectivity index (χ0) is 11.9. The number of amides is 1. The number of benzene rings is 1. The van der Waals surface area contributed by atoms with E-state index in [9.17, 15) is 13.6 Å². The van der Waals surface area contributed by atoms with Crippen LogP contribution in [0.1, 0.15) is 6.42 Å². The summed E-state index contributed by atoms with van der Waals surface area (Å²) in [4.78, 5) is 12.8.